The van der Waals surface area contributed by atoms with Gasteiger partial charge in [0, 0.05) is 58.5 Å². The van der Waals surface area contributed by atoms with Gasteiger partial charge in [-0.25, -0.2) is 4.98 Å². The van der Waals surface area contributed by atoms with Gasteiger partial charge in [0.25, 0.3) is 0 Å². The first-order chi connectivity index (χ1) is 12.5. The van der Waals surface area contributed by atoms with E-state index in [9.17, 15) is 9.59 Å². The highest BCUT2D eigenvalue weighted by atomic mass is 16.2. The Hall–Kier alpha value is -2.68. The van der Waals surface area contributed by atoms with Crippen LogP contribution in [0, 0.1) is 0 Å². The molecule has 0 saturated carbocycles. The Labute approximate surface area is 152 Å². The predicted octanol–water partition coefficient (Wildman–Crippen LogP) is -0.191. The Bertz CT molecular complexity index is 755. The highest BCUT2D eigenvalue weighted by Crippen LogP contribution is 2.21. The van der Waals surface area contributed by atoms with E-state index in [1.54, 1.807) is 48.2 Å². The maximum Gasteiger partial charge on any atom is 0.247 e. The minimum absolute atomic E-state index is 0.0331. The van der Waals surface area contributed by atoms with E-state index in [0.29, 0.717) is 13.1 Å². The molecule has 1 N–H and O–H groups in total. The van der Waals surface area contributed by atoms with E-state index in [-0.39, 0.29) is 24.4 Å². The molecule has 0 aliphatic carbocycles. The van der Waals surface area contributed by atoms with Crippen LogP contribution >= 0.6 is 0 Å². The number of rotatable bonds is 5. The lowest BCUT2D eigenvalue weighted by Gasteiger charge is -2.36. The largest absolute Gasteiger partial charge is 0.336 e. The van der Waals surface area contributed by atoms with Crippen LogP contribution in [0.3, 0.4) is 0 Å². The van der Waals surface area contributed by atoms with Crippen molar-refractivity contribution < 1.29 is 9.59 Å². The van der Waals surface area contributed by atoms with E-state index in [1.807, 2.05) is 17.8 Å². The third-order valence-electron chi connectivity index (χ3n) is 4.75. The summed E-state index contributed by atoms with van der Waals surface area (Å²) in [5.41, 5.74) is 0. The first-order valence-corrected chi connectivity index (χ1v) is 8.70. The summed E-state index contributed by atoms with van der Waals surface area (Å²) in [4.78, 5) is 33.1. The lowest BCUT2D eigenvalue weighted by molar-refractivity contribution is -0.143. The van der Waals surface area contributed by atoms with Crippen molar-refractivity contribution in [2.75, 3.05) is 33.2 Å². The van der Waals surface area contributed by atoms with Crippen molar-refractivity contribution in [2.45, 2.75) is 19.0 Å². The number of nitrogens with zero attached hydrogens (tertiary/aromatic N) is 6. The molecule has 3 rings (SSSR count). The van der Waals surface area contributed by atoms with Gasteiger partial charge in [0.15, 0.2) is 0 Å². The fraction of sp³-hybridized carbons (Fsp3) is 0.529. The zero-order chi connectivity index (χ0) is 18.7. The normalized spacial score (nSPS) is 18.6. The standard InChI is InChI=1S/C17H25N7O2/c1-13(24-8-4-5-20-24)17(26)22(3)12-15(25)23-10-6-18-11-14(23)16-19-7-9-21(16)2/h4-5,7-9,13-14,18H,6,10-12H2,1-3H3. The van der Waals surface area contributed by atoms with Crippen molar-refractivity contribution in [3.05, 3.63) is 36.7 Å². The second-order valence-corrected chi connectivity index (χ2v) is 6.56. The second kappa shape index (κ2) is 7.69. The zero-order valence-electron chi connectivity index (χ0n) is 15.4. The summed E-state index contributed by atoms with van der Waals surface area (Å²) in [5.74, 6) is 0.609. The van der Waals surface area contributed by atoms with Crippen molar-refractivity contribution in [3.8, 4) is 0 Å². The molecule has 3 heterocycles. The van der Waals surface area contributed by atoms with Gasteiger partial charge in [-0.1, -0.05) is 0 Å². The first kappa shape index (κ1) is 18.1. The Morgan fingerprint density at radius 1 is 1.38 bits per heavy atom. The fourth-order valence-electron chi connectivity index (χ4n) is 3.25. The monoisotopic (exact) mass is 359 g/mol. The molecule has 9 nitrogen and oxygen atoms in total. The highest BCUT2D eigenvalue weighted by molar-refractivity contribution is 5.86. The van der Waals surface area contributed by atoms with Crippen molar-refractivity contribution in [1.82, 2.24) is 34.4 Å². The Morgan fingerprint density at radius 2 is 2.19 bits per heavy atom. The molecule has 0 aromatic carbocycles. The van der Waals surface area contributed by atoms with Crippen molar-refractivity contribution >= 4 is 11.8 Å². The molecule has 2 amide bonds. The third-order valence-corrected chi connectivity index (χ3v) is 4.75. The smallest absolute Gasteiger partial charge is 0.247 e. The molecular formula is C17H25N7O2. The van der Waals surface area contributed by atoms with E-state index >= 15 is 0 Å². The Balaban J connectivity index is 1.67. The number of hydrogen-bond acceptors (Lipinski definition) is 5. The number of amides is 2. The van der Waals surface area contributed by atoms with Gasteiger partial charge in [-0.15, -0.1) is 0 Å². The number of aromatic nitrogens is 4. The van der Waals surface area contributed by atoms with Gasteiger partial charge in [-0.2, -0.15) is 5.10 Å². The molecule has 2 aromatic heterocycles. The topological polar surface area (TPSA) is 88.3 Å². The van der Waals surface area contributed by atoms with Gasteiger partial charge in [-0.3, -0.25) is 14.3 Å². The zero-order valence-corrected chi connectivity index (χ0v) is 15.4. The van der Waals surface area contributed by atoms with E-state index in [4.69, 9.17) is 0 Å². The van der Waals surface area contributed by atoms with Gasteiger partial charge in [0.1, 0.15) is 17.9 Å². The molecule has 0 radical (unpaired) electrons. The van der Waals surface area contributed by atoms with Crippen molar-refractivity contribution in [2.24, 2.45) is 7.05 Å². The summed E-state index contributed by atoms with van der Waals surface area (Å²) in [7, 11) is 3.57. The summed E-state index contributed by atoms with van der Waals surface area (Å²) in [6.07, 6.45) is 6.97. The average molecular weight is 359 g/mol. The van der Waals surface area contributed by atoms with Crippen LogP contribution in [0.2, 0.25) is 0 Å². The number of likely N-dealkylation sites (N-methyl/N-ethyl adjacent to an activating group) is 1. The number of piperazine rings is 1. The summed E-state index contributed by atoms with van der Waals surface area (Å²) in [5, 5.41) is 7.41. The van der Waals surface area contributed by atoms with Crippen LogP contribution in [-0.4, -0.2) is 74.2 Å². The minimum Gasteiger partial charge on any atom is -0.336 e. The SMILES string of the molecule is CC(C(=O)N(C)CC(=O)N1CCNCC1c1nccn1C)n1cccn1. The van der Waals surface area contributed by atoms with Gasteiger partial charge in [0.2, 0.25) is 11.8 Å². The number of nitrogens with one attached hydrogen (secondary N) is 1. The van der Waals surface area contributed by atoms with Crippen molar-refractivity contribution in [3.63, 3.8) is 0 Å². The Kier molecular flexibility index (Phi) is 5.36. The number of aryl methyl sites for hydroxylation is 1. The minimum atomic E-state index is -0.448. The van der Waals surface area contributed by atoms with Crippen LogP contribution in [0.4, 0.5) is 0 Å². The van der Waals surface area contributed by atoms with Gasteiger partial charge < -0.3 is 19.7 Å². The number of carbonyl (C=O) groups is 2. The highest BCUT2D eigenvalue weighted by Gasteiger charge is 2.32. The molecule has 2 atom stereocenters. The maximum absolute atomic E-state index is 12.9. The lowest BCUT2D eigenvalue weighted by Crippen LogP contribution is -2.52. The molecule has 1 aliphatic heterocycles. The molecule has 2 aromatic rings. The van der Waals surface area contributed by atoms with E-state index < -0.39 is 6.04 Å². The van der Waals surface area contributed by atoms with Gasteiger partial charge in [0.05, 0.1) is 6.54 Å². The van der Waals surface area contributed by atoms with Crippen LogP contribution in [-0.2, 0) is 16.6 Å². The van der Waals surface area contributed by atoms with E-state index in [2.05, 4.69) is 15.4 Å². The molecule has 0 spiro atoms. The molecule has 1 fully saturated rings. The number of imidazole rings is 1. The van der Waals surface area contributed by atoms with E-state index in [1.165, 1.54) is 4.90 Å². The molecular weight excluding hydrogens is 334 g/mol. The molecule has 1 aliphatic rings. The van der Waals surface area contributed by atoms with Gasteiger partial charge >= 0.3 is 0 Å². The number of carbonyl (C=O) groups excluding carboxylic acids is 2. The molecule has 0 bridgehead atoms. The molecule has 140 valence electrons. The third kappa shape index (κ3) is 3.62. The number of hydrogen-bond donors (Lipinski definition) is 1. The second-order valence-electron chi connectivity index (χ2n) is 6.56. The summed E-state index contributed by atoms with van der Waals surface area (Å²) >= 11 is 0. The van der Waals surface area contributed by atoms with Crippen LogP contribution in [0.15, 0.2) is 30.9 Å². The predicted molar refractivity (Wildman–Crippen MR) is 95.1 cm³/mol. The van der Waals surface area contributed by atoms with Crippen molar-refractivity contribution in [1.29, 1.82) is 0 Å². The van der Waals surface area contributed by atoms with Gasteiger partial charge in [-0.05, 0) is 13.0 Å². The molecule has 2 unspecified atom stereocenters. The Morgan fingerprint density at radius 3 is 2.85 bits per heavy atom. The summed E-state index contributed by atoms with van der Waals surface area (Å²) < 4.78 is 3.51. The van der Waals surface area contributed by atoms with E-state index in [0.717, 1.165) is 12.4 Å². The summed E-state index contributed by atoms with van der Waals surface area (Å²) in [6.45, 7) is 3.78. The quantitative estimate of drug-likeness (QED) is 0.799. The van der Waals surface area contributed by atoms with Crippen LogP contribution in [0.5, 0.6) is 0 Å². The molecule has 1 saturated heterocycles. The lowest BCUT2D eigenvalue weighted by atomic mass is 10.1. The van der Waals surface area contributed by atoms with Crippen LogP contribution in [0.25, 0.3) is 0 Å². The summed E-state index contributed by atoms with van der Waals surface area (Å²) in [6, 6.07) is 1.19. The molecule has 26 heavy (non-hydrogen) atoms. The fourth-order valence-corrected chi connectivity index (χ4v) is 3.25. The molecule has 9 heteroatoms. The average Bonchev–Trinajstić information content (AvgIpc) is 3.32. The van der Waals surface area contributed by atoms with Crippen LogP contribution < -0.4 is 5.32 Å². The van der Waals surface area contributed by atoms with Crippen LogP contribution in [0.1, 0.15) is 24.8 Å². The first-order valence-electron chi connectivity index (χ1n) is 8.70. The maximum atomic E-state index is 12.9.